The van der Waals surface area contributed by atoms with Crippen LogP contribution in [0.15, 0.2) is 24.3 Å². The first kappa shape index (κ1) is 25.2. The molecule has 0 unspecified atom stereocenters. The van der Waals surface area contributed by atoms with Crippen molar-refractivity contribution in [2.24, 2.45) is 5.92 Å². The number of hydrogen-bond donors (Lipinski definition) is 2. The molecule has 0 bridgehead atoms. The van der Waals surface area contributed by atoms with E-state index in [1.165, 1.54) is 18.9 Å². The van der Waals surface area contributed by atoms with Crippen molar-refractivity contribution in [3.63, 3.8) is 0 Å². The van der Waals surface area contributed by atoms with Gasteiger partial charge in [-0.05, 0) is 45.2 Å². The van der Waals surface area contributed by atoms with Gasteiger partial charge in [-0.1, -0.05) is 32.0 Å². The highest BCUT2D eigenvalue weighted by molar-refractivity contribution is 6.06. The lowest BCUT2D eigenvalue weighted by Gasteiger charge is -2.32. The van der Waals surface area contributed by atoms with Gasteiger partial charge in [0.2, 0.25) is 5.91 Å². The Morgan fingerprint density at radius 1 is 1.16 bits per heavy atom. The topological polar surface area (TPSA) is 116 Å². The van der Waals surface area contributed by atoms with Crippen molar-refractivity contribution in [3.05, 3.63) is 29.8 Å². The number of anilines is 1. The molecular weight excluding hydrogens is 414 g/mol. The van der Waals surface area contributed by atoms with E-state index in [1.807, 2.05) is 0 Å². The first-order chi connectivity index (χ1) is 14.7. The van der Waals surface area contributed by atoms with Crippen molar-refractivity contribution in [1.29, 1.82) is 0 Å². The van der Waals surface area contributed by atoms with E-state index in [0.29, 0.717) is 5.69 Å². The summed E-state index contributed by atoms with van der Waals surface area (Å²) in [4.78, 5) is 52.9. The van der Waals surface area contributed by atoms with Crippen molar-refractivity contribution >= 4 is 29.6 Å². The van der Waals surface area contributed by atoms with Crippen LogP contribution in [0.4, 0.5) is 10.5 Å². The van der Waals surface area contributed by atoms with Gasteiger partial charge in [-0.2, -0.15) is 0 Å². The fourth-order valence-electron chi connectivity index (χ4n) is 3.46. The second-order valence-electron chi connectivity index (χ2n) is 9.39. The minimum atomic E-state index is -1.11. The van der Waals surface area contributed by atoms with Crippen LogP contribution in [-0.4, -0.2) is 64.7 Å². The lowest BCUT2D eigenvalue weighted by atomic mass is 10.0. The maximum absolute atomic E-state index is 13.5. The summed E-state index contributed by atoms with van der Waals surface area (Å²) in [6.07, 6.45) is -0.458. The summed E-state index contributed by atoms with van der Waals surface area (Å²) in [6, 6.07) is 4.12. The molecule has 0 aromatic heterocycles. The van der Waals surface area contributed by atoms with Gasteiger partial charge in [0, 0.05) is 19.2 Å². The van der Waals surface area contributed by atoms with Gasteiger partial charge >= 0.3 is 12.1 Å². The van der Waals surface area contributed by atoms with Gasteiger partial charge in [0.15, 0.2) is 0 Å². The Labute approximate surface area is 188 Å². The number of amides is 3. The van der Waals surface area contributed by atoms with Crippen molar-refractivity contribution in [2.75, 3.05) is 11.9 Å². The number of benzene rings is 1. The number of aliphatic carboxylic acids is 1. The lowest BCUT2D eigenvalue weighted by molar-refractivity contribution is -0.140. The molecule has 0 radical (unpaired) electrons. The van der Waals surface area contributed by atoms with E-state index < -0.39 is 47.6 Å². The average molecular weight is 448 g/mol. The normalized spacial score (nSPS) is 17.4. The summed E-state index contributed by atoms with van der Waals surface area (Å²) in [5, 5.41) is 12.4. The van der Waals surface area contributed by atoms with Crippen LogP contribution in [0.3, 0.4) is 0 Å². The lowest BCUT2D eigenvalue weighted by Crippen LogP contribution is -2.58. The van der Waals surface area contributed by atoms with Crippen molar-refractivity contribution < 1.29 is 29.0 Å². The van der Waals surface area contributed by atoms with Crippen LogP contribution >= 0.6 is 0 Å². The van der Waals surface area contributed by atoms with Crippen LogP contribution < -0.4 is 10.2 Å². The molecule has 0 aliphatic carbocycles. The summed E-state index contributed by atoms with van der Waals surface area (Å²) in [5.74, 6) is -2.46. The third-order valence-electron chi connectivity index (χ3n) is 5.37. The smallest absolute Gasteiger partial charge is 0.410 e. The average Bonchev–Trinajstić information content (AvgIpc) is 3.08. The Morgan fingerprint density at radius 3 is 2.28 bits per heavy atom. The van der Waals surface area contributed by atoms with Crippen molar-refractivity contribution in [3.8, 4) is 0 Å². The van der Waals surface area contributed by atoms with Gasteiger partial charge in [0.1, 0.15) is 23.7 Å². The van der Waals surface area contributed by atoms with Crippen LogP contribution in [0, 0.1) is 5.92 Å². The molecule has 1 aliphatic rings. The highest BCUT2D eigenvalue weighted by Crippen LogP contribution is 2.33. The summed E-state index contributed by atoms with van der Waals surface area (Å²) in [6.45, 7) is 10.2. The molecule has 0 spiro atoms. The van der Waals surface area contributed by atoms with Crippen LogP contribution in [0.25, 0.3) is 0 Å². The molecule has 9 heteroatoms. The summed E-state index contributed by atoms with van der Waals surface area (Å²) in [5.41, 5.74) is 0.580. The maximum atomic E-state index is 13.5. The summed E-state index contributed by atoms with van der Waals surface area (Å²) >= 11 is 0. The molecule has 0 fully saturated rings. The first-order valence-corrected chi connectivity index (χ1v) is 10.6. The van der Waals surface area contributed by atoms with E-state index in [1.54, 1.807) is 58.9 Å². The van der Waals surface area contributed by atoms with E-state index >= 15 is 0 Å². The van der Waals surface area contributed by atoms with E-state index in [4.69, 9.17) is 4.74 Å². The van der Waals surface area contributed by atoms with Crippen LogP contribution in [-0.2, 0) is 25.5 Å². The highest BCUT2D eigenvalue weighted by atomic mass is 16.6. The molecule has 32 heavy (non-hydrogen) atoms. The summed E-state index contributed by atoms with van der Waals surface area (Å²) in [7, 11) is 1.45. The second kappa shape index (κ2) is 9.58. The number of carboxylic acids is 1. The quantitative estimate of drug-likeness (QED) is 0.692. The Kier molecular flexibility index (Phi) is 7.54. The number of ether oxygens (including phenoxy) is 1. The van der Waals surface area contributed by atoms with Gasteiger partial charge < -0.3 is 15.2 Å². The standard InChI is InChI=1S/C23H33N3O6/c1-13(2)18(24-19(27)14(3)25(7)22(31)32-23(4,5)6)20(28)26-16-11-9-8-10-15(16)12-17(26)21(29)30/h8-11,13-14,17-18H,12H2,1-7H3,(H,24,27)(H,29,30)/t14-,17-,18-/m0/s1. The van der Waals surface area contributed by atoms with Crippen molar-refractivity contribution in [1.82, 2.24) is 10.2 Å². The number of carboxylic acid groups (broad SMARTS) is 1. The van der Waals surface area contributed by atoms with E-state index in [2.05, 4.69) is 5.32 Å². The molecule has 3 amide bonds. The molecule has 0 saturated heterocycles. The van der Waals surface area contributed by atoms with E-state index in [-0.39, 0.29) is 12.3 Å². The molecular formula is C23H33N3O6. The molecule has 1 aromatic rings. The maximum Gasteiger partial charge on any atom is 0.410 e. The molecule has 0 saturated carbocycles. The number of rotatable bonds is 6. The first-order valence-electron chi connectivity index (χ1n) is 10.6. The predicted octanol–water partition coefficient (Wildman–Crippen LogP) is 2.43. The number of carbonyl (C=O) groups is 4. The number of nitrogens with one attached hydrogen (secondary N) is 1. The Bertz CT molecular complexity index is 892. The SMILES string of the molecule is CC(C)[C@H](NC(=O)[C@H](C)N(C)C(=O)OC(C)(C)C)C(=O)N1c2ccccc2C[C@H]1C(=O)O. The van der Waals surface area contributed by atoms with Gasteiger partial charge in [-0.25, -0.2) is 9.59 Å². The van der Waals surface area contributed by atoms with E-state index in [0.717, 1.165) is 10.5 Å². The number of para-hydroxylation sites is 1. The highest BCUT2D eigenvalue weighted by Gasteiger charge is 2.42. The Hall–Kier alpha value is -3.10. The zero-order valence-electron chi connectivity index (χ0n) is 19.7. The second-order valence-corrected chi connectivity index (χ2v) is 9.39. The molecule has 176 valence electrons. The fourth-order valence-corrected chi connectivity index (χ4v) is 3.46. The van der Waals surface area contributed by atoms with Crippen molar-refractivity contribution in [2.45, 2.75) is 71.7 Å². The molecule has 1 heterocycles. The molecule has 3 atom stereocenters. The third kappa shape index (κ3) is 5.57. The van der Waals surface area contributed by atoms with Gasteiger partial charge in [0.05, 0.1) is 0 Å². The fraction of sp³-hybridized carbons (Fsp3) is 0.565. The Balaban J connectivity index is 2.22. The number of fused-ring (bicyclic) bond motifs is 1. The predicted molar refractivity (Wildman–Crippen MR) is 119 cm³/mol. The number of hydrogen-bond acceptors (Lipinski definition) is 5. The monoisotopic (exact) mass is 447 g/mol. The van der Waals surface area contributed by atoms with Gasteiger partial charge in [-0.15, -0.1) is 0 Å². The van der Waals surface area contributed by atoms with Gasteiger partial charge in [-0.3, -0.25) is 19.4 Å². The largest absolute Gasteiger partial charge is 0.480 e. The number of nitrogens with zero attached hydrogens (tertiary/aromatic N) is 2. The molecule has 1 aliphatic heterocycles. The van der Waals surface area contributed by atoms with Crippen LogP contribution in [0.1, 0.15) is 47.1 Å². The third-order valence-corrected chi connectivity index (χ3v) is 5.37. The number of carbonyl (C=O) groups excluding carboxylic acids is 3. The molecule has 2 rings (SSSR count). The molecule has 2 N–H and O–H groups in total. The Morgan fingerprint density at radius 2 is 1.75 bits per heavy atom. The van der Waals surface area contributed by atoms with Crippen LogP contribution in [0.2, 0.25) is 0 Å². The van der Waals surface area contributed by atoms with E-state index in [9.17, 15) is 24.3 Å². The number of likely N-dealkylation sites (N-methyl/N-ethyl adjacent to an activating group) is 1. The minimum Gasteiger partial charge on any atom is -0.480 e. The zero-order chi connectivity index (χ0) is 24.4. The minimum absolute atomic E-state index is 0.202. The van der Waals surface area contributed by atoms with Gasteiger partial charge in [0.25, 0.3) is 5.91 Å². The van der Waals surface area contributed by atoms with Crippen LogP contribution in [0.5, 0.6) is 0 Å². The zero-order valence-corrected chi connectivity index (χ0v) is 19.7. The molecule has 1 aromatic carbocycles. The summed E-state index contributed by atoms with van der Waals surface area (Å²) < 4.78 is 5.30. The molecule has 9 nitrogen and oxygen atoms in total.